The maximum atomic E-state index is 4.76. The topological polar surface area (TPSA) is 24.9 Å². The third kappa shape index (κ3) is 2.55. The Morgan fingerprint density at radius 1 is 1.53 bits per heavy atom. The van der Waals surface area contributed by atoms with Crippen molar-refractivity contribution in [2.45, 2.75) is 31.7 Å². The van der Waals surface area contributed by atoms with E-state index in [2.05, 4.69) is 11.6 Å². The molecule has 2 nitrogen and oxygen atoms in total. The van der Waals surface area contributed by atoms with E-state index in [1.807, 2.05) is 30.1 Å². The molecule has 1 aliphatic rings. The second-order valence-electron chi connectivity index (χ2n) is 3.90. The smallest absolute Gasteiger partial charge is 0.110 e. The number of rotatable bonds is 5. The van der Waals surface area contributed by atoms with Crippen molar-refractivity contribution in [2.75, 3.05) is 19.1 Å². The van der Waals surface area contributed by atoms with Crippen molar-refractivity contribution in [3.8, 4) is 0 Å². The number of aryl methyl sites for hydroxylation is 2. The summed E-state index contributed by atoms with van der Waals surface area (Å²) in [4.78, 5) is 6.30. The highest BCUT2D eigenvalue weighted by Gasteiger charge is 2.20. The maximum absolute atomic E-state index is 4.76. The molecule has 1 N–H and O–H groups in total. The standard InChI is InChI=1S/C11H18N2S2/c1-12-9(6-7-14-2)11-13-8-4-3-5-10(8)15-11/h9,12H,3-7H2,1-2H3. The first-order valence-electron chi connectivity index (χ1n) is 5.50. The molecular weight excluding hydrogens is 224 g/mol. The first kappa shape index (κ1) is 11.4. The monoisotopic (exact) mass is 242 g/mol. The minimum Gasteiger partial charge on any atom is -0.311 e. The van der Waals surface area contributed by atoms with Crippen LogP contribution >= 0.6 is 23.1 Å². The summed E-state index contributed by atoms with van der Waals surface area (Å²) in [5.74, 6) is 1.20. The fourth-order valence-electron chi connectivity index (χ4n) is 1.99. The first-order chi connectivity index (χ1) is 7.35. The minimum atomic E-state index is 0.466. The number of hydrogen-bond acceptors (Lipinski definition) is 4. The van der Waals surface area contributed by atoms with E-state index in [0.29, 0.717) is 6.04 Å². The normalized spacial score (nSPS) is 16.7. The van der Waals surface area contributed by atoms with Crippen molar-refractivity contribution in [2.24, 2.45) is 0 Å². The summed E-state index contributed by atoms with van der Waals surface area (Å²) in [5.41, 5.74) is 1.37. The van der Waals surface area contributed by atoms with Gasteiger partial charge in [0, 0.05) is 4.88 Å². The summed E-state index contributed by atoms with van der Waals surface area (Å²) in [7, 11) is 2.04. The Labute approximate surface area is 99.9 Å². The number of fused-ring (bicyclic) bond motifs is 1. The molecule has 1 heterocycles. The quantitative estimate of drug-likeness (QED) is 0.859. The van der Waals surface area contributed by atoms with Gasteiger partial charge >= 0.3 is 0 Å². The number of thiazole rings is 1. The number of aromatic nitrogens is 1. The van der Waals surface area contributed by atoms with Crippen LogP contribution in [0.2, 0.25) is 0 Å². The number of nitrogens with one attached hydrogen (secondary N) is 1. The summed E-state index contributed by atoms with van der Waals surface area (Å²) in [6, 6.07) is 0.466. The van der Waals surface area contributed by atoms with Gasteiger partial charge in [0.1, 0.15) is 5.01 Å². The molecule has 0 spiro atoms. The van der Waals surface area contributed by atoms with Gasteiger partial charge in [-0.3, -0.25) is 0 Å². The number of hydrogen-bond donors (Lipinski definition) is 1. The van der Waals surface area contributed by atoms with E-state index in [9.17, 15) is 0 Å². The molecule has 0 radical (unpaired) electrons. The molecular formula is C11H18N2S2. The Bertz CT molecular complexity index is 301. The van der Waals surface area contributed by atoms with Gasteiger partial charge in [-0.25, -0.2) is 4.98 Å². The van der Waals surface area contributed by atoms with E-state index in [1.54, 1.807) is 0 Å². The molecule has 0 fully saturated rings. The van der Waals surface area contributed by atoms with E-state index in [-0.39, 0.29) is 0 Å². The molecule has 0 aliphatic heterocycles. The molecule has 0 saturated carbocycles. The Morgan fingerprint density at radius 3 is 3.07 bits per heavy atom. The zero-order valence-corrected chi connectivity index (χ0v) is 11.0. The Kier molecular flexibility index (Phi) is 4.05. The van der Waals surface area contributed by atoms with Crippen LogP contribution in [0.25, 0.3) is 0 Å². The van der Waals surface area contributed by atoms with Gasteiger partial charge in [-0.05, 0) is 44.7 Å². The van der Waals surface area contributed by atoms with E-state index < -0.39 is 0 Å². The minimum absolute atomic E-state index is 0.466. The zero-order valence-electron chi connectivity index (χ0n) is 9.38. The van der Waals surface area contributed by atoms with Crippen molar-refractivity contribution in [3.05, 3.63) is 15.6 Å². The maximum Gasteiger partial charge on any atom is 0.110 e. The van der Waals surface area contributed by atoms with Gasteiger partial charge in [0.15, 0.2) is 0 Å². The largest absolute Gasteiger partial charge is 0.311 e. The van der Waals surface area contributed by atoms with Crippen LogP contribution in [0, 0.1) is 0 Å². The summed E-state index contributed by atoms with van der Waals surface area (Å²) < 4.78 is 0. The van der Waals surface area contributed by atoms with Gasteiger partial charge in [0.2, 0.25) is 0 Å². The number of thioether (sulfide) groups is 1. The highest BCUT2D eigenvalue weighted by atomic mass is 32.2. The van der Waals surface area contributed by atoms with Crippen molar-refractivity contribution < 1.29 is 0 Å². The van der Waals surface area contributed by atoms with E-state index in [4.69, 9.17) is 4.98 Å². The SMILES string of the molecule is CNC(CCSC)c1nc2c(s1)CCC2. The molecule has 1 unspecified atom stereocenters. The van der Waals surface area contributed by atoms with Crippen LogP contribution in [0.5, 0.6) is 0 Å². The van der Waals surface area contributed by atoms with Gasteiger partial charge in [0.05, 0.1) is 11.7 Å². The van der Waals surface area contributed by atoms with E-state index in [0.717, 1.165) is 0 Å². The molecule has 2 rings (SSSR count). The molecule has 1 atom stereocenters. The lowest BCUT2D eigenvalue weighted by Gasteiger charge is -2.12. The molecule has 1 aromatic heterocycles. The van der Waals surface area contributed by atoms with Crippen molar-refractivity contribution in [1.29, 1.82) is 0 Å². The number of nitrogens with zero attached hydrogens (tertiary/aromatic N) is 1. The third-order valence-corrected chi connectivity index (χ3v) is 4.78. The summed E-state index contributed by atoms with van der Waals surface area (Å²) in [6.07, 6.45) is 7.11. The Hall–Kier alpha value is -0.0600. The van der Waals surface area contributed by atoms with E-state index >= 15 is 0 Å². The Balaban J connectivity index is 2.06. The lowest BCUT2D eigenvalue weighted by atomic mass is 10.2. The second-order valence-corrected chi connectivity index (χ2v) is 6.00. The zero-order chi connectivity index (χ0) is 10.7. The highest BCUT2D eigenvalue weighted by Crippen LogP contribution is 2.31. The average molecular weight is 242 g/mol. The lowest BCUT2D eigenvalue weighted by molar-refractivity contribution is 0.576. The molecule has 4 heteroatoms. The van der Waals surface area contributed by atoms with Gasteiger partial charge in [-0.15, -0.1) is 11.3 Å². The lowest BCUT2D eigenvalue weighted by Crippen LogP contribution is -2.17. The summed E-state index contributed by atoms with van der Waals surface area (Å²) in [5, 5.41) is 4.68. The molecule has 0 bridgehead atoms. The molecule has 1 aromatic rings. The molecule has 0 saturated heterocycles. The van der Waals surface area contributed by atoms with Crippen LogP contribution in [-0.2, 0) is 12.8 Å². The van der Waals surface area contributed by atoms with Crippen LogP contribution in [0.4, 0.5) is 0 Å². The molecule has 0 aromatic carbocycles. The fourth-order valence-corrected chi connectivity index (χ4v) is 3.76. The Morgan fingerprint density at radius 2 is 2.40 bits per heavy atom. The third-order valence-electron chi connectivity index (χ3n) is 2.87. The van der Waals surface area contributed by atoms with Crippen LogP contribution in [0.1, 0.15) is 34.5 Å². The predicted octanol–water partition coefficient (Wildman–Crippen LogP) is 2.65. The summed E-state index contributed by atoms with van der Waals surface area (Å²) in [6.45, 7) is 0. The molecule has 1 aliphatic carbocycles. The van der Waals surface area contributed by atoms with Crippen LogP contribution < -0.4 is 5.32 Å². The van der Waals surface area contributed by atoms with Crippen LogP contribution in [-0.4, -0.2) is 24.0 Å². The van der Waals surface area contributed by atoms with Crippen molar-refractivity contribution in [1.82, 2.24) is 10.3 Å². The second kappa shape index (κ2) is 5.32. The van der Waals surface area contributed by atoms with E-state index in [1.165, 1.54) is 47.0 Å². The first-order valence-corrected chi connectivity index (χ1v) is 7.71. The fraction of sp³-hybridized carbons (Fsp3) is 0.727. The van der Waals surface area contributed by atoms with Crippen LogP contribution in [0.3, 0.4) is 0 Å². The molecule has 84 valence electrons. The van der Waals surface area contributed by atoms with Gasteiger partial charge in [-0.2, -0.15) is 11.8 Å². The van der Waals surface area contributed by atoms with Gasteiger partial charge in [0.25, 0.3) is 0 Å². The van der Waals surface area contributed by atoms with Crippen LogP contribution in [0.15, 0.2) is 0 Å². The molecule has 0 amide bonds. The predicted molar refractivity (Wildman–Crippen MR) is 68.9 cm³/mol. The average Bonchev–Trinajstić information content (AvgIpc) is 2.79. The van der Waals surface area contributed by atoms with Crippen molar-refractivity contribution >= 4 is 23.1 Å². The van der Waals surface area contributed by atoms with Gasteiger partial charge in [-0.1, -0.05) is 0 Å². The van der Waals surface area contributed by atoms with Gasteiger partial charge < -0.3 is 5.32 Å². The van der Waals surface area contributed by atoms with Crippen molar-refractivity contribution in [3.63, 3.8) is 0 Å². The highest BCUT2D eigenvalue weighted by molar-refractivity contribution is 7.98. The summed E-state index contributed by atoms with van der Waals surface area (Å²) >= 11 is 3.83. The molecule has 15 heavy (non-hydrogen) atoms.